The van der Waals surface area contributed by atoms with Crippen LogP contribution in [0.3, 0.4) is 0 Å². The van der Waals surface area contributed by atoms with E-state index in [0.717, 1.165) is 42.6 Å². The molecule has 3 aromatic rings. The highest BCUT2D eigenvalue weighted by Crippen LogP contribution is 2.26. The molecular formula is C18H20N4O2. The van der Waals surface area contributed by atoms with Gasteiger partial charge in [-0.25, -0.2) is 4.98 Å². The van der Waals surface area contributed by atoms with E-state index < -0.39 is 0 Å². The number of hydrogen-bond donors (Lipinski definition) is 0. The van der Waals surface area contributed by atoms with Crippen LogP contribution in [-0.4, -0.2) is 39.9 Å². The van der Waals surface area contributed by atoms with E-state index >= 15 is 0 Å². The fourth-order valence-electron chi connectivity index (χ4n) is 2.94. The van der Waals surface area contributed by atoms with Crippen molar-refractivity contribution >= 4 is 0 Å². The van der Waals surface area contributed by atoms with Crippen LogP contribution in [0.4, 0.5) is 0 Å². The smallest absolute Gasteiger partial charge is 0.209 e. The number of rotatable bonds is 5. The molecular weight excluding hydrogens is 304 g/mol. The maximum absolute atomic E-state index is 5.88. The molecule has 4 rings (SSSR count). The minimum absolute atomic E-state index is 0.453. The molecule has 1 aliphatic heterocycles. The third kappa shape index (κ3) is 2.92. The highest BCUT2D eigenvalue weighted by Gasteiger charge is 2.29. The van der Waals surface area contributed by atoms with Crippen LogP contribution < -0.4 is 4.74 Å². The molecule has 0 atom stereocenters. The van der Waals surface area contributed by atoms with E-state index in [0.29, 0.717) is 6.04 Å². The maximum atomic E-state index is 5.88. The molecule has 0 radical (unpaired) electrons. The third-order valence-electron chi connectivity index (χ3n) is 4.33. The Bertz CT molecular complexity index is 816. The van der Waals surface area contributed by atoms with Gasteiger partial charge in [-0.15, -0.1) is 0 Å². The molecule has 0 unspecified atom stereocenters. The van der Waals surface area contributed by atoms with Crippen LogP contribution in [0.25, 0.3) is 11.3 Å². The van der Waals surface area contributed by atoms with E-state index in [1.165, 1.54) is 5.56 Å². The molecule has 1 saturated heterocycles. The Labute approximate surface area is 140 Å². The first kappa shape index (κ1) is 15.0. The van der Waals surface area contributed by atoms with Gasteiger partial charge in [0, 0.05) is 24.8 Å². The van der Waals surface area contributed by atoms with Crippen molar-refractivity contribution in [2.24, 2.45) is 0 Å². The predicted octanol–water partition coefficient (Wildman–Crippen LogP) is 2.91. The lowest BCUT2D eigenvalue weighted by Gasteiger charge is -2.38. The van der Waals surface area contributed by atoms with Crippen molar-refractivity contribution in [1.29, 1.82) is 0 Å². The van der Waals surface area contributed by atoms with Gasteiger partial charge in [0.05, 0.1) is 32.1 Å². The van der Waals surface area contributed by atoms with E-state index in [-0.39, 0.29) is 0 Å². The second-order valence-electron chi connectivity index (χ2n) is 6.19. The van der Waals surface area contributed by atoms with E-state index in [2.05, 4.69) is 28.1 Å². The van der Waals surface area contributed by atoms with Gasteiger partial charge in [0.2, 0.25) is 5.89 Å². The maximum Gasteiger partial charge on any atom is 0.209 e. The minimum atomic E-state index is 0.453. The summed E-state index contributed by atoms with van der Waals surface area (Å²) in [4.78, 5) is 6.71. The Morgan fingerprint density at radius 2 is 2.00 bits per heavy atom. The fourth-order valence-corrected chi connectivity index (χ4v) is 2.94. The van der Waals surface area contributed by atoms with Crippen molar-refractivity contribution in [2.75, 3.05) is 20.2 Å². The predicted molar refractivity (Wildman–Crippen MR) is 89.8 cm³/mol. The largest absolute Gasteiger partial charge is 0.497 e. The average molecular weight is 324 g/mol. The molecule has 6 heteroatoms. The van der Waals surface area contributed by atoms with Crippen molar-refractivity contribution in [1.82, 2.24) is 19.7 Å². The van der Waals surface area contributed by atoms with Crippen LogP contribution in [0.2, 0.25) is 0 Å². The zero-order valence-corrected chi connectivity index (χ0v) is 13.8. The van der Waals surface area contributed by atoms with Gasteiger partial charge >= 0.3 is 0 Å². The molecule has 24 heavy (non-hydrogen) atoms. The van der Waals surface area contributed by atoms with E-state index in [4.69, 9.17) is 9.15 Å². The Morgan fingerprint density at radius 3 is 2.67 bits per heavy atom. The van der Waals surface area contributed by atoms with Gasteiger partial charge in [-0.2, -0.15) is 5.10 Å². The number of benzene rings is 1. The monoisotopic (exact) mass is 324 g/mol. The number of aromatic nitrogens is 3. The second-order valence-corrected chi connectivity index (χ2v) is 6.19. The number of aryl methyl sites for hydroxylation is 1. The van der Waals surface area contributed by atoms with Gasteiger partial charge < -0.3 is 9.15 Å². The molecule has 0 saturated carbocycles. The van der Waals surface area contributed by atoms with Crippen LogP contribution in [0, 0.1) is 6.92 Å². The number of nitrogens with zero attached hydrogens (tertiary/aromatic N) is 4. The molecule has 1 fully saturated rings. The van der Waals surface area contributed by atoms with Gasteiger partial charge in [0.1, 0.15) is 5.75 Å². The molecule has 1 aliphatic rings. The quantitative estimate of drug-likeness (QED) is 0.722. The van der Waals surface area contributed by atoms with Crippen LogP contribution in [0.1, 0.15) is 17.5 Å². The molecule has 3 heterocycles. The van der Waals surface area contributed by atoms with Crippen molar-refractivity contribution in [3.63, 3.8) is 0 Å². The zero-order valence-electron chi connectivity index (χ0n) is 13.8. The van der Waals surface area contributed by atoms with E-state index in [1.54, 1.807) is 13.3 Å². The number of ether oxygens (including phenoxy) is 1. The minimum Gasteiger partial charge on any atom is -0.497 e. The van der Waals surface area contributed by atoms with E-state index in [9.17, 15) is 0 Å². The summed E-state index contributed by atoms with van der Waals surface area (Å²) >= 11 is 0. The van der Waals surface area contributed by atoms with Gasteiger partial charge in [-0.05, 0) is 36.8 Å². The van der Waals surface area contributed by atoms with Crippen molar-refractivity contribution in [2.45, 2.75) is 19.5 Å². The first-order chi connectivity index (χ1) is 11.7. The number of likely N-dealkylation sites (tertiary alicyclic amines) is 1. The third-order valence-corrected chi connectivity index (χ3v) is 4.33. The Hall–Kier alpha value is -2.60. The van der Waals surface area contributed by atoms with Crippen LogP contribution in [0.15, 0.2) is 47.3 Å². The molecule has 0 N–H and O–H groups in total. The Morgan fingerprint density at radius 1 is 1.21 bits per heavy atom. The number of hydrogen-bond acceptors (Lipinski definition) is 5. The topological polar surface area (TPSA) is 56.3 Å². The molecule has 124 valence electrons. The second kappa shape index (κ2) is 6.13. The van der Waals surface area contributed by atoms with E-state index in [1.807, 2.05) is 35.1 Å². The van der Waals surface area contributed by atoms with Gasteiger partial charge in [0.25, 0.3) is 0 Å². The SMILES string of the molecule is COc1ccc(-c2cnc(CN3CC(n4cc(C)cn4)C3)o2)cc1. The summed E-state index contributed by atoms with van der Waals surface area (Å²) in [6.45, 7) is 4.74. The number of methoxy groups -OCH3 is 1. The van der Waals surface area contributed by atoms with Gasteiger partial charge in [-0.3, -0.25) is 9.58 Å². The van der Waals surface area contributed by atoms with Crippen molar-refractivity contribution < 1.29 is 9.15 Å². The summed E-state index contributed by atoms with van der Waals surface area (Å²) in [6.07, 6.45) is 5.78. The zero-order chi connectivity index (χ0) is 16.5. The first-order valence-electron chi connectivity index (χ1n) is 8.03. The Kier molecular flexibility index (Phi) is 3.82. The molecule has 0 bridgehead atoms. The van der Waals surface area contributed by atoms with Crippen molar-refractivity contribution in [3.05, 3.63) is 54.3 Å². The molecule has 6 nitrogen and oxygen atoms in total. The fraction of sp³-hybridized carbons (Fsp3) is 0.333. The molecule has 2 aromatic heterocycles. The summed E-state index contributed by atoms with van der Waals surface area (Å²) in [6, 6.07) is 8.24. The first-order valence-corrected chi connectivity index (χ1v) is 8.03. The molecule has 0 amide bonds. The summed E-state index contributed by atoms with van der Waals surface area (Å²) in [5.41, 5.74) is 2.20. The van der Waals surface area contributed by atoms with Gasteiger partial charge in [-0.1, -0.05) is 0 Å². The molecule has 0 spiro atoms. The van der Waals surface area contributed by atoms with Gasteiger partial charge in [0.15, 0.2) is 5.76 Å². The summed E-state index contributed by atoms with van der Waals surface area (Å²) in [5, 5.41) is 4.38. The van der Waals surface area contributed by atoms with Crippen molar-refractivity contribution in [3.8, 4) is 17.1 Å². The summed E-state index contributed by atoms with van der Waals surface area (Å²) in [5.74, 6) is 2.36. The summed E-state index contributed by atoms with van der Waals surface area (Å²) in [7, 11) is 1.66. The van der Waals surface area contributed by atoms with Crippen LogP contribution in [0.5, 0.6) is 5.75 Å². The lowest BCUT2D eigenvalue weighted by molar-refractivity contribution is 0.0817. The van der Waals surface area contributed by atoms with Crippen LogP contribution in [-0.2, 0) is 6.54 Å². The molecule has 1 aromatic carbocycles. The lowest BCUT2D eigenvalue weighted by atomic mass is 10.1. The average Bonchev–Trinajstić information content (AvgIpc) is 3.19. The standard InChI is InChI=1S/C18H20N4O2/c1-13-7-20-22(9-13)15-10-21(11-15)12-18-19-8-17(24-18)14-3-5-16(23-2)6-4-14/h3-9,15H,10-12H2,1-2H3. The van der Waals surface area contributed by atoms with Crippen LogP contribution >= 0.6 is 0 Å². The molecule has 0 aliphatic carbocycles. The lowest BCUT2D eigenvalue weighted by Crippen LogP contribution is -2.47. The highest BCUT2D eigenvalue weighted by atomic mass is 16.5. The number of oxazole rings is 1. The summed E-state index contributed by atoms with van der Waals surface area (Å²) < 4.78 is 13.1. The Balaban J connectivity index is 1.36. The highest BCUT2D eigenvalue weighted by molar-refractivity contribution is 5.57. The normalized spacial score (nSPS) is 15.4.